The van der Waals surface area contributed by atoms with E-state index >= 15 is 0 Å². The van der Waals surface area contributed by atoms with Crippen LogP contribution < -0.4 is 10.6 Å². The van der Waals surface area contributed by atoms with Crippen LogP contribution in [0.4, 0.5) is 10.5 Å². The maximum Gasteiger partial charge on any atom is 0.411 e. The number of benzene rings is 3. The molecule has 3 rings (SSSR count). The van der Waals surface area contributed by atoms with Gasteiger partial charge in [-0.25, -0.2) is 4.79 Å². The summed E-state index contributed by atoms with van der Waals surface area (Å²) in [6.07, 6.45) is 4.72. The second-order valence-corrected chi connectivity index (χ2v) is 6.83. The zero-order valence-corrected chi connectivity index (χ0v) is 16.7. The highest BCUT2D eigenvalue weighted by Crippen LogP contribution is 2.16. The van der Waals surface area contributed by atoms with Gasteiger partial charge < -0.3 is 10.1 Å². The Morgan fingerprint density at radius 1 is 0.967 bits per heavy atom. The molecule has 2 amide bonds. The number of nitrogens with one attached hydrogen (secondary N) is 2. The number of hydrogen-bond acceptors (Lipinski definition) is 3. The molecule has 2 N–H and O–H groups in total. The third-order valence-corrected chi connectivity index (χ3v) is 4.54. The van der Waals surface area contributed by atoms with E-state index in [2.05, 4.69) is 16.6 Å². The van der Waals surface area contributed by atoms with Crippen LogP contribution in [0.25, 0.3) is 0 Å². The lowest BCUT2D eigenvalue weighted by Gasteiger charge is -2.19. The Hall–Kier alpha value is -3.75. The minimum atomic E-state index is -0.633. The molecule has 3 aromatic carbocycles. The normalized spacial score (nSPS) is 11.1. The van der Waals surface area contributed by atoms with Crippen molar-refractivity contribution >= 4 is 29.3 Å². The zero-order valence-electron chi connectivity index (χ0n) is 16.0. The Morgan fingerprint density at radius 2 is 1.63 bits per heavy atom. The maximum absolute atomic E-state index is 12.7. The Bertz CT molecular complexity index is 1040. The van der Waals surface area contributed by atoms with Crippen LogP contribution in [0.2, 0.25) is 5.02 Å². The third-order valence-electron chi connectivity index (χ3n) is 4.29. The van der Waals surface area contributed by atoms with Gasteiger partial charge in [0.25, 0.3) is 5.91 Å². The first kappa shape index (κ1) is 21.0. The van der Waals surface area contributed by atoms with Crippen molar-refractivity contribution in [2.75, 3.05) is 11.9 Å². The fraction of sp³-hybridized carbons (Fsp3) is 0.0833. The number of carbonyl (C=O) groups is 2. The van der Waals surface area contributed by atoms with Gasteiger partial charge in [0.2, 0.25) is 0 Å². The molecule has 3 aromatic rings. The summed E-state index contributed by atoms with van der Waals surface area (Å²) in [5.74, 6) is 2.21. The largest absolute Gasteiger partial charge is 0.447 e. The molecule has 0 spiro atoms. The highest BCUT2D eigenvalue weighted by molar-refractivity contribution is 6.30. The summed E-state index contributed by atoms with van der Waals surface area (Å²) in [4.78, 5) is 24.8. The van der Waals surface area contributed by atoms with E-state index in [0.29, 0.717) is 21.8 Å². The second-order valence-electron chi connectivity index (χ2n) is 6.39. The Kier molecular flexibility index (Phi) is 7.09. The lowest BCUT2D eigenvalue weighted by Crippen LogP contribution is -2.32. The number of rotatable bonds is 6. The number of terminal acetylenes is 1. The number of ether oxygens (including phenoxy) is 1. The van der Waals surface area contributed by atoms with Crippen molar-refractivity contribution in [3.8, 4) is 12.3 Å². The second kappa shape index (κ2) is 10.1. The van der Waals surface area contributed by atoms with Crippen LogP contribution in [-0.2, 0) is 4.74 Å². The van der Waals surface area contributed by atoms with E-state index in [1.807, 2.05) is 30.3 Å². The third kappa shape index (κ3) is 5.87. The standard InChI is InChI=1S/C24H19ClN2O3/c1-2-17-8-10-19(11-9-17)23(28)27-22(18-6-4-3-5-7-18)16-30-24(29)26-21-14-12-20(25)13-15-21/h1,3-15,22H,16H2,(H,26,29)(H,27,28). The Balaban J connectivity index is 1.66. The first-order chi connectivity index (χ1) is 14.5. The summed E-state index contributed by atoms with van der Waals surface area (Å²) in [5.41, 5.74) is 2.51. The zero-order chi connectivity index (χ0) is 21.3. The van der Waals surface area contributed by atoms with Crippen LogP contribution in [0.15, 0.2) is 78.9 Å². The van der Waals surface area contributed by atoms with E-state index in [-0.39, 0.29) is 12.5 Å². The molecule has 6 heteroatoms. The molecule has 0 saturated heterocycles. The Labute approximate surface area is 180 Å². The van der Waals surface area contributed by atoms with Crippen LogP contribution in [0.3, 0.4) is 0 Å². The van der Waals surface area contributed by atoms with Crippen LogP contribution in [0.5, 0.6) is 0 Å². The predicted molar refractivity (Wildman–Crippen MR) is 117 cm³/mol. The van der Waals surface area contributed by atoms with Crippen molar-refractivity contribution in [2.24, 2.45) is 0 Å². The number of hydrogen-bond donors (Lipinski definition) is 2. The van der Waals surface area contributed by atoms with Crippen molar-refractivity contribution in [3.05, 3.63) is 101 Å². The molecule has 0 aromatic heterocycles. The summed E-state index contributed by atoms with van der Waals surface area (Å²) in [6, 6.07) is 22.1. The average molecular weight is 419 g/mol. The maximum atomic E-state index is 12.7. The molecule has 0 fully saturated rings. The minimum Gasteiger partial charge on any atom is -0.447 e. The summed E-state index contributed by atoms with van der Waals surface area (Å²) >= 11 is 5.84. The van der Waals surface area contributed by atoms with Gasteiger partial charge in [-0.05, 0) is 54.1 Å². The number of halogens is 1. The lowest BCUT2D eigenvalue weighted by atomic mass is 10.1. The molecule has 1 atom stereocenters. The first-order valence-corrected chi connectivity index (χ1v) is 9.55. The van der Waals surface area contributed by atoms with Crippen molar-refractivity contribution in [3.63, 3.8) is 0 Å². The smallest absolute Gasteiger partial charge is 0.411 e. The summed E-state index contributed by atoms with van der Waals surface area (Å²) < 4.78 is 5.34. The quantitative estimate of drug-likeness (QED) is 0.551. The van der Waals surface area contributed by atoms with Gasteiger partial charge >= 0.3 is 6.09 Å². The number of anilines is 1. The molecule has 0 aliphatic heterocycles. The molecule has 0 saturated carbocycles. The van der Waals surface area contributed by atoms with Crippen molar-refractivity contribution < 1.29 is 14.3 Å². The minimum absolute atomic E-state index is 0.0440. The van der Waals surface area contributed by atoms with E-state index < -0.39 is 12.1 Å². The molecule has 150 valence electrons. The van der Waals surface area contributed by atoms with E-state index in [0.717, 1.165) is 5.56 Å². The highest BCUT2D eigenvalue weighted by Gasteiger charge is 2.18. The monoisotopic (exact) mass is 418 g/mol. The summed E-state index contributed by atoms with van der Waals surface area (Å²) in [6.45, 7) is -0.0440. The topological polar surface area (TPSA) is 67.4 Å². The lowest BCUT2D eigenvalue weighted by molar-refractivity contribution is 0.0901. The van der Waals surface area contributed by atoms with Gasteiger partial charge in [-0.3, -0.25) is 10.1 Å². The number of amides is 2. The Morgan fingerprint density at radius 3 is 2.27 bits per heavy atom. The molecule has 30 heavy (non-hydrogen) atoms. The fourth-order valence-corrected chi connectivity index (χ4v) is 2.84. The van der Waals surface area contributed by atoms with Gasteiger partial charge in [0.05, 0.1) is 6.04 Å². The van der Waals surface area contributed by atoms with E-state index in [1.165, 1.54) is 0 Å². The van der Waals surface area contributed by atoms with Gasteiger partial charge in [-0.1, -0.05) is 47.9 Å². The van der Waals surface area contributed by atoms with Crippen molar-refractivity contribution in [2.45, 2.75) is 6.04 Å². The van der Waals surface area contributed by atoms with Crippen LogP contribution in [0.1, 0.15) is 27.5 Å². The summed E-state index contributed by atoms with van der Waals surface area (Å²) in [5, 5.41) is 6.09. The van der Waals surface area contributed by atoms with Crippen LogP contribution in [0, 0.1) is 12.3 Å². The van der Waals surface area contributed by atoms with Crippen LogP contribution in [-0.4, -0.2) is 18.6 Å². The van der Waals surface area contributed by atoms with E-state index in [4.69, 9.17) is 22.8 Å². The van der Waals surface area contributed by atoms with Gasteiger partial charge in [0.1, 0.15) is 6.61 Å². The predicted octanol–water partition coefficient (Wildman–Crippen LogP) is 5.04. The molecule has 0 heterocycles. The fourth-order valence-electron chi connectivity index (χ4n) is 2.71. The molecular formula is C24H19ClN2O3. The molecule has 0 bridgehead atoms. The molecule has 1 unspecified atom stereocenters. The SMILES string of the molecule is C#Cc1ccc(C(=O)NC(COC(=O)Nc2ccc(Cl)cc2)c2ccccc2)cc1. The molecule has 0 aliphatic carbocycles. The summed E-state index contributed by atoms with van der Waals surface area (Å²) in [7, 11) is 0. The van der Waals surface area contributed by atoms with Crippen LogP contribution >= 0.6 is 11.6 Å². The van der Waals surface area contributed by atoms with Gasteiger partial charge in [-0.2, -0.15) is 0 Å². The average Bonchev–Trinajstić information content (AvgIpc) is 2.78. The van der Waals surface area contributed by atoms with Gasteiger partial charge in [0.15, 0.2) is 0 Å². The van der Waals surface area contributed by atoms with E-state index in [1.54, 1.807) is 48.5 Å². The molecule has 0 radical (unpaired) electrons. The molecular weight excluding hydrogens is 400 g/mol. The first-order valence-electron chi connectivity index (χ1n) is 9.17. The van der Waals surface area contributed by atoms with E-state index in [9.17, 15) is 9.59 Å². The van der Waals surface area contributed by atoms with Gasteiger partial charge in [0, 0.05) is 21.8 Å². The molecule has 5 nitrogen and oxygen atoms in total. The molecule has 0 aliphatic rings. The van der Waals surface area contributed by atoms with Crippen molar-refractivity contribution in [1.29, 1.82) is 0 Å². The van der Waals surface area contributed by atoms with Crippen molar-refractivity contribution in [1.82, 2.24) is 5.32 Å². The number of carbonyl (C=O) groups excluding carboxylic acids is 2. The highest BCUT2D eigenvalue weighted by atomic mass is 35.5. The van der Waals surface area contributed by atoms with Gasteiger partial charge in [-0.15, -0.1) is 6.42 Å².